The summed E-state index contributed by atoms with van der Waals surface area (Å²) in [5, 5.41) is 12.1. The second-order valence-corrected chi connectivity index (χ2v) is 8.65. The Morgan fingerprint density at radius 1 is 1.10 bits per heavy atom. The van der Waals surface area contributed by atoms with Gasteiger partial charge in [0.1, 0.15) is 11.0 Å². The fourth-order valence-electron chi connectivity index (χ4n) is 3.17. The van der Waals surface area contributed by atoms with Crippen LogP contribution in [0, 0.1) is 0 Å². The maximum atomic E-state index is 6.05. The van der Waals surface area contributed by atoms with Gasteiger partial charge in [-0.1, -0.05) is 31.5 Å². The highest BCUT2D eigenvalue weighted by molar-refractivity contribution is 6.33. The van der Waals surface area contributed by atoms with Crippen molar-refractivity contribution in [2.45, 2.75) is 59.2 Å². The zero-order valence-corrected chi connectivity index (χ0v) is 19.0. The second kappa shape index (κ2) is 9.06. The van der Waals surface area contributed by atoms with E-state index in [1.807, 2.05) is 23.7 Å². The molecule has 0 aliphatic carbocycles. The fraction of sp³-hybridized carbons (Fsp3) is 0.476. The molecule has 1 unspecified atom stereocenters. The van der Waals surface area contributed by atoms with E-state index < -0.39 is 0 Å². The lowest BCUT2D eigenvalue weighted by Crippen LogP contribution is -2.26. The fourth-order valence-corrected chi connectivity index (χ4v) is 3.29. The first kappa shape index (κ1) is 22.1. The molecule has 9 heteroatoms. The Labute approximate surface area is 182 Å². The first-order valence-corrected chi connectivity index (χ1v) is 10.6. The van der Waals surface area contributed by atoms with Gasteiger partial charge in [0.2, 0.25) is 5.95 Å². The van der Waals surface area contributed by atoms with E-state index >= 15 is 0 Å². The molecule has 8 nitrogen and oxygen atoms in total. The number of nitrogens with one attached hydrogen (secondary N) is 2. The number of rotatable bonds is 8. The Kier molecular flexibility index (Phi) is 6.67. The molecule has 0 amide bonds. The lowest BCUT2D eigenvalue weighted by atomic mass is 10.1. The number of fused-ring (bicyclic) bond motifs is 1. The van der Waals surface area contributed by atoms with E-state index in [1.165, 1.54) is 0 Å². The van der Waals surface area contributed by atoms with Crippen molar-refractivity contribution < 1.29 is 0 Å². The van der Waals surface area contributed by atoms with Crippen LogP contribution in [-0.2, 0) is 6.54 Å². The molecule has 3 aromatic rings. The zero-order chi connectivity index (χ0) is 22.0. The minimum absolute atomic E-state index is 0.0132. The Morgan fingerprint density at radius 2 is 1.83 bits per heavy atom. The Balaban J connectivity index is 2.07. The van der Waals surface area contributed by atoms with E-state index in [1.54, 1.807) is 6.07 Å². The first-order chi connectivity index (χ1) is 14.2. The summed E-state index contributed by atoms with van der Waals surface area (Å²) in [6.45, 7) is 11.5. The van der Waals surface area contributed by atoms with Gasteiger partial charge in [-0.3, -0.25) is 4.68 Å². The second-order valence-electron chi connectivity index (χ2n) is 8.24. The van der Waals surface area contributed by atoms with Crippen LogP contribution in [0.4, 0.5) is 17.5 Å². The molecule has 2 aromatic heterocycles. The minimum Gasteiger partial charge on any atom is -0.398 e. The van der Waals surface area contributed by atoms with Crippen LogP contribution in [0.15, 0.2) is 18.2 Å². The highest BCUT2D eigenvalue weighted by Crippen LogP contribution is 2.31. The number of hydrogen-bond acceptors (Lipinski definition) is 7. The summed E-state index contributed by atoms with van der Waals surface area (Å²) < 4.78 is 1.98. The van der Waals surface area contributed by atoms with E-state index in [0.717, 1.165) is 22.3 Å². The van der Waals surface area contributed by atoms with Crippen LogP contribution in [0.25, 0.3) is 11.0 Å². The smallest absolute Gasteiger partial charge is 0.225 e. The largest absolute Gasteiger partial charge is 0.398 e. The zero-order valence-electron chi connectivity index (χ0n) is 18.2. The molecule has 1 atom stereocenters. The summed E-state index contributed by atoms with van der Waals surface area (Å²) in [4.78, 5) is 9.51. The standard InChI is InChI=1S/C21H31ClN8/c1-11(2)17-18-19(30(29-17)12(3)4)20(28-21(27-18)26-9-13(5)23)25-10-14-6-7-15(22)16(24)8-14/h6-8,11-13H,9-10,23-24H2,1-5H3,(H2,25,26,27,28). The molecule has 2 heterocycles. The number of halogens is 1. The summed E-state index contributed by atoms with van der Waals surface area (Å²) in [5.41, 5.74) is 16.1. The Morgan fingerprint density at radius 3 is 2.43 bits per heavy atom. The first-order valence-electron chi connectivity index (χ1n) is 10.2. The van der Waals surface area contributed by atoms with Crippen LogP contribution in [0.3, 0.4) is 0 Å². The van der Waals surface area contributed by atoms with Crippen molar-refractivity contribution in [3.63, 3.8) is 0 Å². The van der Waals surface area contributed by atoms with Crippen molar-refractivity contribution >= 4 is 40.1 Å². The molecule has 6 N–H and O–H groups in total. The third kappa shape index (κ3) is 4.76. The van der Waals surface area contributed by atoms with Gasteiger partial charge in [-0.2, -0.15) is 10.1 Å². The van der Waals surface area contributed by atoms with Crippen molar-refractivity contribution in [3.05, 3.63) is 34.5 Å². The van der Waals surface area contributed by atoms with Gasteiger partial charge in [-0.05, 0) is 44.4 Å². The molecule has 30 heavy (non-hydrogen) atoms. The van der Waals surface area contributed by atoms with Gasteiger partial charge in [0, 0.05) is 25.2 Å². The van der Waals surface area contributed by atoms with E-state index in [2.05, 4.69) is 38.3 Å². The summed E-state index contributed by atoms with van der Waals surface area (Å²) in [6, 6.07) is 5.76. The van der Waals surface area contributed by atoms with Crippen molar-refractivity contribution in [1.82, 2.24) is 19.7 Å². The van der Waals surface area contributed by atoms with E-state index in [0.29, 0.717) is 35.6 Å². The molecular weight excluding hydrogens is 400 g/mol. The lowest BCUT2D eigenvalue weighted by molar-refractivity contribution is 0.539. The number of nitrogens with two attached hydrogens (primary N) is 2. The van der Waals surface area contributed by atoms with Crippen LogP contribution in [0.5, 0.6) is 0 Å². The van der Waals surface area contributed by atoms with Gasteiger partial charge >= 0.3 is 0 Å². The van der Waals surface area contributed by atoms with Crippen LogP contribution in [0.1, 0.15) is 57.8 Å². The van der Waals surface area contributed by atoms with Crippen molar-refractivity contribution in [2.24, 2.45) is 5.73 Å². The number of nitrogens with zero attached hydrogens (tertiary/aromatic N) is 4. The van der Waals surface area contributed by atoms with Crippen LogP contribution < -0.4 is 22.1 Å². The minimum atomic E-state index is -0.0132. The van der Waals surface area contributed by atoms with Gasteiger partial charge in [0.05, 0.1) is 16.4 Å². The van der Waals surface area contributed by atoms with Crippen molar-refractivity contribution in [3.8, 4) is 0 Å². The Hall–Kier alpha value is -2.58. The molecule has 0 saturated heterocycles. The third-order valence-electron chi connectivity index (χ3n) is 4.71. The summed E-state index contributed by atoms with van der Waals surface area (Å²) >= 11 is 6.05. The number of anilines is 3. The van der Waals surface area contributed by atoms with Crippen molar-refractivity contribution in [1.29, 1.82) is 0 Å². The molecule has 1 aromatic carbocycles. The molecule has 0 radical (unpaired) electrons. The molecule has 0 aliphatic heterocycles. The summed E-state index contributed by atoms with van der Waals surface area (Å²) in [6.07, 6.45) is 0. The van der Waals surface area contributed by atoms with E-state index in [-0.39, 0.29) is 18.0 Å². The van der Waals surface area contributed by atoms with Gasteiger partial charge in [-0.15, -0.1) is 0 Å². The maximum Gasteiger partial charge on any atom is 0.225 e. The summed E-state index contributed by atoms with van der Waals surface area (Å²) in [7, 11) is 0. The average Bonchev–Trinajstić information content (AvgIpc) is 3.07. The van der Waals surface area contributed by atoms with Crippen LogP contribution in [-0.4, -0.2) is 32.3 Å². The van der Waals surface area contributed by atoms with E-state index in [9.17, 15) is 0 Å². The number of benzene rings is 1. The molecule has 0 saturated carbocycles. The number of hydrogen-bond donors (Lipinski definition) is 4. The monoisotopic (exact) mass is 430 g/mol. The summed E-state index contributed by atoms with van der Waals surface area (Å²) in [5.74, 6) is 1.48. The van der Waals surface area contributed by atoms with E-state index in [4.69, 9.17) is 38.1 Å². The molecule has 162 valence electrons. The van der Waals surface area contributed by atoms with Crippen LogP contribution >= 0.6 is 11.6 Å². The van der Waals surface area contributed by atoms with Gasteiger partial charge in [0.25, 0.3) is 0 Å². The molecule has 0 aliphatic rings. The topological polar surface area (TPSA) is 120 Å². The number of aromatic nitrogens is 4. The number of nitrogen functional groups attached to an aromatic ring is 1. The maximum absolute atomic E-state index is 6.05. The average molecular weight is 431 g/mol. The predicted octanol–water partition coefficient (Wildman–Crippen LogP) is 4.14. The van der Waals surface area contributed by atoms with Gasteiger partial charge in [0.15, 0.2) is 5.82 Å². The predicted molar refractivity (Wildman–Crippen MR) is 125 cm³/mol. The molecule has 0 spiro atoms. The SMILES string of the molecule is CC(N)CNc1nc(NCc2ccc(Cl)c(N)c2)c2c(n1)c(C(C)C)nn2C(C)C. The molecule has 0 bridgehead atoms. The van der Waals surface area contributed by atoms with Gasteiger partial charge in [-0.25, -0.2) is 4.98 Å². The molecule has 3 rings (SSSR count). The quantitative estimate of drug-likeness (QED) is 0.396. The Bertz CT molecular complexity index is 1030. The third-order valence-corrected chi connectivity index (χ3v) is 5.05. The lowest BCUT2D eigenvalue weighted by Gasteiger charge is -2.14. The highest BCUT2D eigenvalue weighted by atomic mass is 35.5. The molecular formula is C21H31ClN8. The molecule has 0 fully saturated rings. The van der Waals surface area contributed by atoms with Gasteiger partial charge < -0.3 is 22.1 Å². The van der Waals surface area contributed by atoms with Crippen LogP contribution in [0.2, 0.25) is 5.02 Å². The van der Waals surface area contributed by atoms with Crippen molar-refractivity contribution in [2.75, 3.05) is 22.9 Å². The highest BCUT2D eigenvalue weighted by Gasteiger charge is 2.22. The normalized spacial score (nSPS) is 12.7.